The third-order valence-electron chi connectivity index (χ3n) is 6.44. The van der Waals surface area contributed by atoms with Crippen molar-refractivity contribution in [1.29, 1.82) is 0 Å². The Labute approximate surface area is 230 Å². The molecule has 3 aromatic carbocycles. The lowest BCUT2D eigenvalue weighted by Crippen LogP contribution is -2.28. The zero-order valence-electron chi connectivity index (χ0n) is 20.9. The highest BCUT2D eigenvalue weighted by Crippen LogP contribution is 2.24. The van der Waals surface area contributed by atoms with E-state index in [-0.39, 0.29) is 23.3 Å². The molecule has 2 aromatic heterocycles. The van der Waals surface area contributed by atoms with Crippen molar-refractivity contribution >= 4 is 46.5 Å². The number of carboxylic acid groups (broad SMARTS) is 1. The van der Waals surface area contributed by atoms with Crippen LogP contribution in [0.3, 0.4) is 0 Å². The first-order chi connectivity index (χ1) is 19.0. The smallest absolute Gasteiger partial charge is 0.335 e. The van der Waals surface area contributed by atoms with E-state index in [0.29, 0.717) is 23.4 Å². The van der Waals surface area contributed by atoms with Crippen LogP contribution in [0.25, 0.3) is 23.1 Å². The molecule has 1 atom stereocenters. The highest BCUT2D eigenvalue weighted by molar-refractivity contribution is 6.31. The van der Waals surface area contributed by atoms with E-state index in [1.807, 2.05) is 72.8 Å². The van der Waals surface area contributed by atoms with Gasteiger partial charge in [0.1, 0.15) is 0 Å². The van der Waals surface area contributed by atoms with Crippen LogP contribution in [0.15, 0.2) is 102 Å². The minimum Gasteiger partial charge on any atom is -0.478 e. The molecule has 2 N–H and O–H groups in total. The number of fused-ring (bicyclic) bond motifs is 1. The highest BCUT2D eigenvalue weighted by atomic mass is 35.5. The van der Waals surface area contributed by atoms with Gasteiger partial charge in [0.25, 0.3) is 5.91 Å². The maximum atomic E-state index is 12.9. The number of pyridine rings is 1. The van der Waals surface area contributed by atoms with Crippen molar-refractivity contribution < 1.29 is 19.1 Å². The van der Waals surface area contributed by atoms with Gasteiger partial charge in [-0.2, -0.15) is 0 Å². The average Bonchev–Trinajstić information content (AvgIpc) is 3.49. The highest BCUT2D eigenvalue weighted by Gasteiger charge is 2.19. The van der Waals surface area contributed by atoms with Gasteiger partial charge in [-0.05, 0) is 78.1 Å². The van der Waals surface area contributed by atoms with Crippen molar-refractivity contribution in [3.05, 3.63) is 136 Å². The third kappa shape index (κ3) is 6.43. The second-order valence-electron chi connectivity index (χ2n) is 9.08. The van der Waals surface area contributed by atoms with Gasteiger partial charge < -0.3 is 14.8 Å². The lowest BCUT2D eigenvalue weighted by Gasteiger charge is -2.20. The Morgan fingerprint density at radius 1 is 0.949 bits per heavy atom. The fourth-order valence-corrected chi connectivity index (χ4v) is 4.63. The Morgan fingerprint density at radius 2 is 1.79 bits per heavy atom. The van der Waals surface area contributed by atoms with E-state index in [9.17, 15) is 14.7 Å². The van der Waals surface area contributed by atoms with Gasteiger partial charge in [0.05, 0.1) is 29.1 Å². The number of nitrogens with one attached hydrogen (secondary N) is 1. The minimum atomic E-state index is -0.974. The summed E-state index contributed by atoms with van der Waals surface area (Å²) in [5.41, 5.74) is 4.41. The van der Waals surface area contributed by atoms with Gasteiger partial charge in [-0.25, -0.2) is 9.78 Å². The first kappa shape index (κ1) is 25.9. The number of carbonyl (C=O) groups is 2. The number of halogens is 1. The molecule has 5 aromatic rings. The van der Waals surface area contributed by atoms with E-state index in [1.54, 1.807) is 30.3 Å². The zero-order chi connectivity index (χ0) is 27.2. The largest absolute Gasteiger partial charge is 0.478 e. The number of carbonyl (C=O) groups excluding carboxylic acids is 1. The van der Waals surface area contributed by atoms with Crippen LogP contribution in [0.1, 0.15) is 55.8 Å². The molecule has 0 saturated heterocycles. The van der Waals surface area contributed by atoms with Crippen LogP contribution in [0.5, 0.6) is 0 Å². The van der Waals surface area contributed by atoms with Crippen LogP contribution in [0, 0.1) is 0 Å². The molecule has 0 bridgehead atoms. The van der Waals surface area contributed by atoms with Gasteiger partial charge in [0.15, 0.2) is 5.76 Å². The van der Waals surface area contributed by atoms with E-state index < -0.39 is 5.97 Å². The van der Waals surface area contributed by atoms with Crippen LogP contribution in [-0.2, 0) is 6.42 Å². The monoisotopic (exact) mass is 536 g/mol. The van der Waals surface area contributed by atoms with Gasteiger partial charge in [-0.1, -0.05) is 66.2 Å². The van der Waals surface area contributed by atoms with Crippen molar-refractivity contribution in [2.45, 2.75) is 18.9 Å². The van der Waals surface area contributed by atoms with E-state index in [4.69, 9.17) is 16.0 Å². The summed E-state index contributed by atoms with van der Waals surface area (Å²) in [6.45, 7) is 0. The van der Waals surface area contributed by atoms with Crippen LogP contribution in [0.2, 0.25) is 5.02 Å². The standard InChI is InChI=1S/C32H25ClN2O4/c33-25-14-11-23-12-16-26(34-29(23)20-25)15-10-21-5-3-7-24(19-21)28(35-31(36)30-9-4-18-39-30)17-13-22-6-1-2-8-27(22)32(37)38/h1-12,14-16,18-20,28H,13,17H2,(H,35,36)(H,37,38)/b15-10+/t28-/m1/s1. The minimum absolute atomic E-state index is 0.212. The fourth-order valence-electron chi connectivity index (χ4n) is 4.47. The summed E-state index contributed by atoms with van der Waals surface area (Å²) >= 11 is 6.13. The maximum Gasteiger partial charge on any atom is 0.335 e. The molecular weight excluding hydrogens is 512 g/mol. The average molecular weight is 537 g/mol. The Balaban J connectivity index is 1.40. The van der Waals surface area contributed by atoms with Crippen LogP contribution in [0.4, 0.5) is 0 Å². The number of benzene rings is 3. The Morgan fingerprint density at radius 3 is 2.62 bits per heavy atom. The number of nitrogens with zero attached hydrogens (tertiary/aromatic N) is 1. The molecular formula is C32H25ClN2O4. The number of hydrogen-bond acceptors (Lipinski definition) is 4. The lowest BCUT2D eigenvalue weighted by atomic mass is 9.95. The predicted molar refractivity (Wildman–Crippen MR) is 153 cm³/mol. The Bertz CT molecular complexity index is 1660. The summed E-state index contributed by atoms with van der Waals surface area (Å²) in [4.78, 5) is 29.2. The molecule has 5 rings (SSSR count). The molecule has 1 amide bonds. The van der Waals surface area contributed by atoms with Crippen molar-refractivity contribution in [3.8, 4) is 0 Å². The van der Waals surface area contributed by atoms with E-state index >= 15 is 0 Å². The van der Waals surface area contributed by atoms with Crippen LogP contribution < -0.4 is 5.32 Å². The number of rotatable bonds is 9. The SMILES string of the molecule is O=C(N[C@H](CCc1ccccc1C(=O)O)c1cccc(/C=C/c2ccc3ccc(Cl)cc3n2)c1)c1ccco1. The first-order valence-corrected chi connectivity index (χ1v) is 12.8. The molecule has 0 aliphatic rings. The summed E-state index contributed by atoms with van der Waals surface area (Å²) < 4.78 is 5.28. The quantitative estimate of drug-likeness (QED) is 0.204. The molecule has 0 aliphatic heterocycles. The molecule has 0 saturated carbocycles. The van der Waals surface area contributed by atoms with Gasteiger partial charge in [0.2, 0.25) is 0 Å². The summed E-state index contributed by atoms with van der Waals surface area (Å²) in [7, 11) is 0. The summed E-state index contributed by atoms with van der Waals surface area (Å²) in [6, 6.07) is 27.2. The molecule has 0 aliphatic carbocycles. The normalized spacial score (nSPS) is 12.0. The van der Waals surface area contributed by atoms with Gasteiger partial charge in [-0.3, -0.25) is 4.79 Å². The summed E-state index contributed by atoms with van der Waals surface area (Å²) in [5.74, 6) is -1.10. The Hall–Kier alpha value is -4.68. The predicted octanol–water partition coefficient (Wildman–Crippen LogP) is 7.45. The fraction of sp³-hybridized carbons (Fsp3) is 0.0938. The molecule has 0 fully saturated rings. The number of aromatic nitrogens is 1. The van der Waals surface area contributed by atoms with E-state index in [1.165, 1.54) is 6.26 Å². The molecule has 0 radical (unpaired) electrons. The summed E-state index contributed by atoms with van der Waals surface area (Å²) in [5, 5.41) is 14.3. The van der Waals surface area contributed by atoms with E-state index in [2.05, 4.69) is 10.3 Å². The molecule has 0 unspecified atom stereocenters. The molecule has 194 valence electrons. The lowest BCUT2D eigenvalue weighted by molar-refractivity contribution is 0.0695. The molecule has 0 spiro atoms. The van der Waals surface area contributed by atoms with Crippen molar-refractivity contribution in [2.75, 3.05) is 0 Å². The van der Waals surface area contributed by atoms with Crippen LogP contribution >= 0.6 is 11.6 Å². The third-order valence-corrected chi connectivity index (χ3v) is 6.67. The van der Waals surface area contributed by atoms with Crippen molar-refractivity contribution in [1.82, 2.24) is 10.3 Å². The number of aryl methyl sites for hydroxylation is 1. The van der Waals surface area contributed by atoms with Gasteiger partial charge in [0, 0.05) is 10.4 Å². The number of hydrogen-bond donors (Lipinski definition) is 2. The Kier molecular flexibility index (Phi) is 7.85. The summed E-state index contributed by atoms with van der Waals surface area (Å²) in [6.07, 6.45) is 6.31. The number of amides is 1. The second kappa shape index (κ2) is 11.8. The topological polar surface area (TPSA) is 92.4 Å². The van der Waals surface area contributed by atoms with Gasteiger partial charge in [-0.15, -0.1) is 0 Å². The first-order valence-electron chi connectivity index (χ1n) is 12.5. The number of aromatic carboxylic acids is 1. The second-order valence-corrected chi connectivity index (χ2v) is 9.52. The molecule has 39 heavy (non-hydrogen) atoms. The van der Waals surface area contributed by atoms with Crippen LogP contribution in [-0.4, -0.2) is 22.0 Å². The van der Waals surface area contributed by atoms with Gasteiger partial charge >= 0.3 is 5.97 Å². The molecule has 7 heteroatoms. The molecule has 6 nitrogen and oxygen atoms in total. The zero-order valence-corrected chi connectivity index (χ0v) is 21.6. The van der Waals surface area contributed by atoms with E-state index in [0.717, 1.165) is 27.7 Å². The van der Waals surface area contributed by atoms with Crippen molar-refractivity contribution in [3.63, 3.8) is 0 Å². The van der Waals surface area contributed by atoms with Crippen molar-refractivity contribution in [2.24, 2.45) is 0 Å². The number of furan rings is 1. The maximum absolute atomic E-state index is 12.9. The molecule has 2 heterocycles. The number of carboxylic acids is 1.